The van der Waals surface area contributed by atoms with Crippen LogP contribution in [0.25, 0.3) is 0 Å². The summed E-state index contributed by atoms with van der Waals surface area (Å²) < 4.78 is 11.5. The van der Waals surface area contributed by atoms with Crippen LogP contribution in [0.5, 0.6) is 0 Å². The van der Waals surface area contributed by atoms with Gasteiger partial charge in [-0.25, -0.2) is 9.59 Å². The van der Waals surface area contributed by atoms with E-state index in [2.05, 4.69) is 5.10 Å². The first-order valence-electron chi connectivity index (χ1n) is 6.34. The molecular formula is C13H19N3O4. The van der Waals surface area contributed by atoms with Crippen LogP contribution in [0.3, 0.4) is 0 Å². The molecule has 2 rings (SSSR count). The molecule has 0 unspecified atom stereocenters. The Bertz CT molecular complexity index is 557. The fraction of sp³-hybridized carbons (Fsp3) is 0.615. The fourth-order valence-electron chi connectivity index (χ4n) is 2.15. The Kier molecular flexibility index (Phi) is 3.45. The van der Waals surface area contributed by atoms with Crippen LogP contribution in [0.2, 0.25) is 0 Å². The number of carbonyl (C=O) groups excluding carboxylic acids is 2. The molecule has 0 radical (unpaired) electrons. The van der Waals surface area contributed by atoms with Crippen LogP contribution in [0.1, 0.15) is 42.5 Å². The SMILES string of the molecule is COC(=O)c1c2c(nn1C)CN(C(=O)OC(C)(C)C)C2. The second-order valence-electron chi connectivity index (χ2n) is 5.73. The molecule has 0 fully saturated rings. The molecule has 110 valence electrons. The summed E-state index contributed by atoms with van der Waals surface area (Å²) in [5.41, 5.74) is 1.27. The summed E-state index contributed by atoms with van der Waals surface area (Å²) in [6.45, 7) is 6.09. The Morgan fingerprint density at radius 2 is 1.90 bits per heavy atom. The van der Waals surface area contributed by atoms with Gasteiger partial charge in [0.15, 0.2) is 5.69 Å². The van der Waals surface area contributed by atoms with Crippen molar-refractivity contribution in [3.8, 4) is 0 Å². The number of hydrogen-bond acceptors (Lipinski definition) is 5. The van der Waals surface area contributed by atoms with E-state index in [0.717, 1.165) is 5.56 Å². The fourth-order valence-corrected chi connectivity index (χ4v) is 2.15. The van der Waals surface area contributed by atoms with E-state index in [0.29, 0.717) is 24.5 Å². The van der Waals surface area contributed by atoms with Crippen LogP contribution < -0.4 is 0 Å². The van der Waals surface area contributed by atoms with E-state index >= 15 is 0 Å². The van der Waals surface area contributed by atoms with Crippen molar-refractivity contribution in [3.63, 3.8) is 0 Å². The third-order valence-electron chi connectivity index (χ3n) is 2.95. The van der Waals surface area contributed by atoms with Gasteiger partial charge in [-0.2, -0.15) is 5.10 Å². The first-order chi connectivity index (χ1) is 9.23. The van der Waals surface area contributed by atoms with Gasteiger partial charge in [0.05, 0.1) is 25.9 Å². The standard InChI is InChI=1S/C13H19N3O4/c1-13(2,3)20-12(18)16-6-8-9(7-16)14-15(4)10(8)11(17)19-5/h6-7H2,1-5H3. The number of esters is 1. The third-order valence-corrected chi connectivity index (χ3v) is 2.95. The highest BCUT2D eigenvalue weighted by Crippen LogP contribution is 2.27. The Hall–Kier alpha value is -2.05. The zero-order chi connectivity index (χ0) is 15.1. The van der Waals surface area contributed by atoms with Gasteiger partial charge in [-0.1, -0.05) is 0 Å². The van der Waals surface area contributed by atoms with Crippen molar-refractivity contribution in [2.45, 2.75) is 39.5 Å². The number of aryl methyl sites for hydroxylation is 1. The van der Waals surface area contributed by atoms with Crippen LogP contribution in [-0.4, -0.2) is 39.5 Å². The summed E-state index contributed by atoms with van der Waals surface area (Å²) in [6.07, 6.45) is -0.408. The molecule has 1 amide bonds. The predicted molar refractivity (Wildman–Crippen MR) is 70.0 cm³/mol. The lowest BCUT2D eigenvalue weighted by Gasteiger charge is -2.24. The van der Waals surface area contributed by atoms with Gasteiger partial charge >= 0.3 is 12.1 Å². The van der Waals surface area contributed by atoms with Crippen molar-refractivity contribution >= 4 is 12.1 Å². The van der Waals surface area contributed by atoms with Crippen LogP contribution in [0.15, 0.2) is 0 Å². The number of rotatable bonds is 1. The number of ether oxygens (including phenoxy) is 2. The van der Waals surface area contributed by atoms with Gasteiger partial charge in [-0.05, 0) is 20.8 Å². The summed E-state index contributed by atoms with van der Waals surface area (Å²) in [5, 5.41) is 4.26. The summed E-state index contributed by atoms with van der Waals surface area (Å²) in [6, 6.07) is 0. The summed E-state index contributed by atoms with van der Waals surface area (Å²) in [5.74, 6) is -0.452. The number of aromatic nitrogens is 2. The van der Waals surface area contributed by atoms with Crippen molar-refractivity contribution < 1.29 is 19.1 Å². The maximum Gasteiger partial charge on any atom is 0.410 e. The van der Waals surface area contributed by atoms with Crippen LogP contribution in [0.4, 0.5) is 4.79 Å². The number of hydrogen-bond donors (Lipinski definition) is 0. The summed E-state index contributed by atoms with van der Waals surface area (Å²) in [4.78, 5) is 25.3. The molecule has 1 aliphatic rings. The monoisotopic (exact) mass is 281 g/mol. The van der Waals surface area contributed by atoms with Crippen molar-refractivity contribution in [2.24, 2.45) is 7.05 Å². The van der Waals surface area contributed by atoms with Crippen LogP contribution in [-0.2, 0) is 29.6 Å². The lowest BCUT2D eigenvalue weighted by atomic mass is 10.2. The molecule has 2 heterocycles. The highest BCUT2D eigenvalue weighted by atomic mass is 16.6. The van der Waals surface area contributed by atoms with E-state index in [9.17, 15) is 9.59 Å². The highest BCUT2D eigenvalue weighted by Gasteiger charge is 2.34. The van der Waals surface area contributed by atoms with Crippen molar-refractivity contribution in [3.05, 3.63) is 17.0 Å². The van der Waals surface area contributed by atoms with E-state index < -0.39 is 17.7 Å². The van der Waals surface area contributed by atoms with Gasteiger partial charge < -0.3 is 9.47 Å². The third kappa shape index (κ3) is 2.61. The van der Waals surface area contributed by atoms with E-state index in [1.807, 2.05) is 20.8 Å². The Balaban J connectivity index is 2.18. The van der Waals surface area contributed by atoms with E-state index in [-0.39, 0.29) is 0 Å². The quantitative estimate of drug-likeness (QED) is 0.728. The van der Waals surface area contributed by atoms with Gasteiger partial charge in [-0.15, -0.1) is 0 Å². The van der Waals surface area contributed by atoms with Crippen LogP contribution >= 0.6 is 0 Å². The van der Waals surface area contributed by atoms with E-state index in [4.69, 9.17) is 9.47 Å². The molecule has 7 nitrogen and oxygen atoms in total. The molecule has 0 aliphatic carbocycles. The summed E-state index contributed by atoms with van der Waals surface area (Å²) >= 11 is 0. The molecule has 7 heteroatoms. The lowest BCUT2D eigenvalue weighted by Crippen LogP contribution is -2.34. The van der Waals surface area contributed by atoms with E-state index in [1.54, 1.807) is 7.05 Å². The second kappa shape index (κ2) is 4.81. The van der Waals surface area contributed by atoms with Gasteiger partial charge in [0, 0.05) is 12.6 Å². The zero-order valence-electron chi connectivity index (χ0n) is 12.4. The molecular weight excluding hydrogens is 262 g/mol. The Labute approximate surface area is 117 Å². The van der Waals surface area contributed by atoms with E-state index in [1.165, 1.54) is 16.7 Å². The number of carbonyl (C=O) groups is 2. The molecule has 0 saturated carbocycles. The molecule has 0 spiro atoms. The minimum Gasteiger partial charge on any atom is -0.464 e. The largest absolute Gasteiger partial charge is 0.464 e. The lowest BCUT2D eigenvalue weighted by molar-refractivity contribution is 0.0236. The van der Waals surface area contributed by atoms with Crippen molar-refractivity contribution in [2.75, 3.05) is 7.11 Å². The minimum atomic E-state index is -0.549. The maximum absolute atomic E-state index is 12.0. The molecule has 0 saturated heterocycles. The molecule has 1 aromatic rings. The molecule has 0 bridgehead atoms. The molecule has 1 aliphatic heterocycles. The predicted octanol–water partition coefficient (Wildman–Crippen LogP) is 1.46. The van der Waals surface area contributed by atoms with Gasteiger partial charge in [-0.3, -0.25) is 9.58 Å². The Morgan fingerprint density at radius 3 is 2.45 bits per heavy atom. The van der Waals surface area contributed by atoms with Crippen molar-refractivity contribution in [1.29, 1.82) is 0 Å². The minimum absolute atomic E-state index is 0.308. The summed E-state index contributed by atoms with van der Waals surface area (Å²) in [7, 11) is 3.00. The normalized spacial score (nSPS) is 14.2. The number of methoxy groups -OCH3 is 1. The first kappa shape index (κ1) is 14.4. The molecule has 1 aromatic heterocycles. The molecule has 0 aromatic carbocycles. The van der Waals surface area contributed by atoms with Gasteiger partial charge in [0.25, 0.3) is 0 Å². The number of nitrogens with zero attached hydrogens (tertiary/aromatic N) is 3. The van der Waals surface area contributed by atoms with Gasteiger partial charge in [0.1, 0.15) is 5.60 Å². The molecule has 0 N–H and O–H groups in total. The zero-order valence-corrected chi connectivity index (χ0v) is 12.4. The highest BCUT2D eigenvalue weighted by molar-refractivity contribution is 5.90. The molecule has 20 heavy (non-hydrogen) atoms. The van der Waals surface area contributed by atoms with Crippen LogP contribution in [0, 0.1) is 0 Å². The molecule has 0 atom stereocenters. The maximum atomic E-state index is 12.0. The Morgan fingerprint density at radius 1 is 1.25 bits per heavy atom. The number of amides is 1. The van der Waals surface area contributed by atoms with Gasteiger partial charge in [0.2, 0.25) is 0 Å². The average Bonchev–Trinajstić information content (AvgIpc) is 2.82. The van der Waals surface area contributed by atoms with Crippen molar-refractivity contribution in [1.82, 2.24) is 14.7 Å². The number of fused-ring (bicyclic) bond motifs is 1. The first-order valence-corrected chi connectivity index (χ1v) is 6.34. The average molecular weight is 281 g/mol. The smallest absolute Gasteiger partial charge is 0.410 e. The second-order valence-corrected chi connectivity index (χ2v) is 5.73. The topological polar surface area (TPSA) is 73.7 Å².